The average molecular weight is 274 g/mol. The number of anilines is 1. The zero-order valence-corrected chi connectivity index (χ0v) is 12.5. The lowest BCUT2D eigenvalue weighted by atomic mass is 10.1. The number of nitrogens with zero attached hydrogens (tertiary/aromatic N) is 3. The predicted octanol–water partition coefficient (Wildman–Crippen LogP) is 3.35. The number of aromatic nitrogens is 3. The van der Waals surface area contributed by atoms with Crippen LogP contribution in [0.5, 0.6) is 0 Å². The maximum Gasteiger partial charge on any atom is 0.141 e. The normalized spacial score (nSPS) is 11.0. The summed E-state index contributed by atoms with van der Waals surface area (Å²) in [5, 5.41) is 0. The number of pyridine rings is 1. The molecular formula is C14H18N4S. The minimum absolute atomic E-state index is 0.420. The van der Waals surface area contributed by atoms with E-state index in [9.17, 15) is 0 Å². The third-order valence-electron chi connectivity index (χ3n) is 2.78. The number of hydrogen-bond acceptors (Lipinski definition) is 5. The average Bonchev–Trinajstić information content (AvgIpc) is 2.32. The van der Waals surface area contributed by atoms with E-state index in [1.807, 2.05) is 20.0 Å². The highest BCUT2D eigenvalue weighted by atomic mass is 32.2. The lowest BCUT2D eigenvalue weighted by Crippen LogP contribution is -1.99. The van der Waals surface area contributed by atoms with Crippen molar-refractivity contribution in [2.75, 3.05) is 5.73 Å². The highest BCUT2D eigenvalue weighted by molar-refractivity contribution is 7.99. The van der Waals surface area contributed by atoms with Gasteiger partial charge in [0.05, 0.1) is 4.90 Å². The van der Waals surface area contributed by atoms with E-state index in [1.165, 1.54) is 10.5 Å². The molecule has 2 N–H and O–H groups in total. The number of aryl methyl sites for hydroxylation is 2. The summed E-state index contributed by atoms with van der Waals surface area (Å²) in [6.45, 7) is 8.14. The molecule has 0 radical (unpaired) electrons. The van der Waals surface area contributed by atoms with E-state index in [0.717, 1.165) is 10.6 Å². The van der Waals surface area contributed by atoms with Crippen LogP contribution in [0.15, 0.2) is 28.3 Å². The van der Waals surface area contributed by atoms with Crippen molar-refractivity contribution in [2.45, 2.75) is 43.4 Å². The van der Waals surface area contributed by atoms with Crippen molar-refractivity contribution >= 4 is 17.6 Å². The van der Waals surface area contributed by atoms with Crippen LogP contribution in [0.2, 0.25) is 0 Å². The molecule has 0 aliphatic carbocycles. The number of hydrogen-bond donors (Lipinski definition) is 1. The Hall–Kier alpha value is -1.62. The van der Waals surface area contributed by atoms with Crippen LogP contribution >= 0.6 is 11.8 Å². The SMILES string of the molecule is Cc1cc(Sc2cnc(C)nc2N)c(C(C)C)cn1. The van der Waals surface area contributed by atoms with Gasteiger partial charge in [0.2, 0.25) is 0 Å². The molecule has 0 spiro atoms. The molecule has 2 rings (SSSR count). The molecule has 100 valence electrons. The van der Waals surface area contributed by atoms with Crippen molar-refractivity contribution < 1.29 is 0 Å². The van der Waals surface area contributed by atoms with E-state index < -0.39 is 0 Å². The highest BCUT2D eigenvalue weighted by Crippen LogP contribution is 2.35. The summed E-state index contributed by atoms with van der Waals surface area (Å²) in [7, 11) is 0. The molecule has 2 heterocycles. The first-order chi connectivity index (χ1) is 8.97. The zero-order valence-electron chi connectivity index (χ0n) is 11.6. The first-order valence-electron chi connectivity index (χ1n) is 6.21. The van der Waals surface area contributed by atoms with Crippen LogP contribution in [0.4, 0.5) is 5.82 Å². The van der Waals surface area contributed by atoms with Gasteiger partial charge in [-0.25, -0.2) is 9.97 Å². The molecule has 4 nitrogen and oxygen atoms in total. The molecule has 0 saturated carbocycles. The van der Waals surface area contributed by atoms with Crippen LogP contribution in [0.25, 0.3) is 0 Å². The Morgan fingerprint density at radius 1 is 1.11 bits per heavy atom. The zero-order chi connectivity index (χ0) is 14.0. The summed E-state index contributed by atoms with van der Waals surface area (Å²) < 4.78 is 0. The first kappa shape index (κ1) is 13.8. The largest absolute Gasteiger partial charge is 0.383 e. The van der Waals surface area contributed by atoms with Crippen LogP contribution in [0.3, 0.4) is 0 Å². The predicted molar refractivity (Wildman–Crippen MR) is 78.4 cm³/mol. The minimum atomic E-state index is 0.420. The molecule has 19 heavy (non-hydrogen) atoms. The number of nitrogen functional groups attached to an aromatic ring is 1. The molecule has 5 heteroatoms. The van der Waals surface area contributed by atoms with E-state index in [4.69, 9.17) is 5.73 Å². The van der Waals surface area contributed by atoms with Gasteiger partial charge in [0.25, 0.3) is 0 Å². The molecule has 0 amide bonds. The Kier molecular flexibility index (Phi) is 4.04. The fourth-order valence-corrected chi connectivity index (χ4v) is 2.87. The Morgan fingerprint density at radius 2 is 1.84 bits per heavy atom. The van der Waals surface area contributed by atoms with Gasteiger partial charge in [-0.3, -0.25) is 4.98 Å². The fraction of sp³-hybridized carbons (Fsp3) is 0.357. The van der Waals surface area contributed by atoms with E-state index >= 15 is 0 Å². The van der Waals surface area contributed by atoms with Crippen LogP contribution < -0.4 is 5.73 Å². The van der Waals surface area contributed by atoms with Crippen molar-refractivity contribution in [3.63, 3.8) is 0 Å². The maximum absolute atomic E-state index is 5.95. The van der Waals surface area contributed by atoms with Crippen molar-refractivity contribution in [1.29, 1.82) is 0 Å². The molecule has 2 aromatic heterocycles. The Morgan fingerprint density at radius 3 is 2.47 bits per heavy atom. The maximum atomic E-state index is 5.95. The molecule has 0 saturated heterocycles. The summed E-state index contributed by atoms with van der Waals surface area (Å²) in [4.78, 5) is 14.8. The van der Waals surface area contributed by atoms with Gasteiger partial charge in [-0.05, 0) is 31.4 Å². The summed E-state index contributed by atoms with van der Waals surface area (Å²) in [6, 6.07) is 2.08. The first-order valence-corrected chi connectivity index (χ1v) is 7.02. The number of nitrogens with two attached hydrogens (primary N) is 1. The van der Waals surface area contributed by atoms with Gasteiger partial charge in [-0.1, -0.05) is 25.6 Å². The van der Waals surface area contributed by atoms with E-state index in [1.54, 1.807) is 18.0 Å². The third kappa shape index (κ3) is 3.23. The molecular weight excluding hydrogens is 256 g/mol. The monoisotopic (exact) mass is 274 g/mol. The van der Waals surface area contributed by atoms with Gasteiger partial charge in [0.1, 0.15) is 11.6 Å². The fourth-order valence-electron chi connectivity index (χ4n) is 1.74. The number of rotatable bonds is 3. The molecule has 0 aliphatic heterocycles. The van der Waals surface area contributed by atoms with Crippen molar-refractivity contribution in [3.05, 3.63) is 35.5 Å². The van der Waals surface area contributed by atoms with E-state index in [-0.39, 0.29) is 0 Å². The molecule has 0 aliphatic rings. The van der Waals surface area contributed by atoms with Crippen molar-refractivity contribution in [2.24, 2.45) is 0 Å². The second-order valence-electron chi connectivity index (χ2n) is 4.79. The van der Waals surface area contributed by atoms with Gasteiger partial charge in [0, 0.05) is 23.0 Å². The topological polar surface area (TPSA) is 64.7 Å². The Bertz CT molecular complexity index is 596. The lowest BCUT2D eigenvalue weighted by molar-refractivity contribution is 0.828. The quantitative estimate of drug-likeness (QED) is 0.929. The van der Waals surface area contributed by atoms with E-state index in [0.29, 0.717) is 17.6 Å². The Labute approximate surface area is 117 Å². The summed E-state index contributed by atoms with van der Waals surface area (Å²) in [5.41, 5.74) is 8.16. The van der Waals surface area contributed by atoms with Gasteiger partial charge >= 0.3 is 0 Å². The van der Waals surface area contributed by atoms with Gasteiger partial charge in [-0.2, -0.15) is 0 Å². The summed E-state index contributed by atoms with van der Waals surface area (Å²) in [5.74, 6) is 1.64. The minimum Gasteiger partial charge on any atom is -0.383 e. The van der Waals surface area contributed by atoms with Gasteiger partial charge in [-0.15, -0.1) is 0 Å². The third-order valence-corrected chi connectivity index (χ3v) is 3.88. The van der Waals surface area contributed by atoms with E-state index in [2.05, 4.69) is 34.9 Å². The van der Waals surface area contributed by atoms with Gasteiger partial charge < -0.3 is 5.73 Å². The van der Waals surface area contributed by atoms with Gasteiger partial charge in [0.15, 0.2) is 0 Å². The second-order valence-corrected chi connectivity index (χ2v) is 5.87. The highest BCUT2D eigenvalue weighted by Gasteiger charge is 2.11. The van der Waals surface area contributed by atoms with Crippen molar-refractivity contribution in [1.82, 2.24) is 15.0 Å². The van der Waals surface area contributed by atoms with Crippen LogP contribution in [0.1, 0.15) is 36.8 Å². The van der Waals surface area contributed by atoms with Crippen molar-refractivity contribution in [3.8, 4) is 0 Å². The lowest BCUT2D eigenvalue weighted by Gasteiger charge is -2.13. The summed E-state index contributed by atoms with van der Waals surface area (Å²) in [6.07, 6.45) is 3.72. The molecule has 0 aromatic carbocycles. The molecule has 0 atom stereocenters. The molecule has 0 fully saturated rings. The smallest absolute Gasteiger partial charge is 0.141 e. The molecule has 0 unspecified atom stereocenters. The van der Waals surface area contributed by atoms with Crippen LogP contribution in [-0.4, -0.2) is 15.0 Å². The standard InChI is InChI=1S/C14H18N4S/c1-8(2)11-6-16-9(3)5-12(11)19-13-7-17-10(4)18-14(13)15/h5-8H,1-4H3,(H2,15,17,18). The molecule has 2 aromatic rings. The summed E-state index contributed by atoms with van der Waals surface area (Å²) >= 11 is 1.60. The molecule has 0 bridgehead atoms. The second kappa shape index (κ2) is 5.57. The Balaban J connectivity index is 2.39. The van der Waals surface area contributed by atoms with Crippen LogP contribution in [-0.2, 0) is 0 Å². The van der Waals surface area contributed by atoms with Crippen LogP contribution in [0, 0.1) is 13.8 Å².